The lowest BCUT2D eigenvalue weighted by atomic mass is 10.2. The lowest BCUT2D eigenvalue weighted by Crippen LogP contribution is -2.03. The van der Waals surface area contributed by atoms with Crippen LogP contribution in [0.3, 0.4) is 0 Å². The lowest BCUT2D eigenvalue weighted by molar-refractivity contribution is 1.08. The molecule has 0 atom stereocenters. The van der Waals surface area contributed by atoms with Gasteiger partial charge in [-0.1, -0.05) is 41.4 Å². The topological polar surface area (TPSA) is 37.8 Å². The third kappa shape index (κ3) is 3.22. The molecule has 0 spiro atoms. The van der Waals surface area contributed by atoms with Gasteiger partial charge in [0.1, 0.15) is 10.8 Å². The first kappa shape index (κ1) is 12.4. The Bertz CT molecular complexity index is 531. The molecular weight excluding hydrogens is 281 g/mol. The van der Waals surface area contributed by atoms with E-state index in [9.17, 15) is 0 Å². The van der Waals surface area contributed by atoms with Crippen molar-refractivity contribution in [1.82, 2.24) is 9.97 Å². The van der Waals surface area contributed by atoms with Gasteiger partial charge in [-0.15, -0.1) is 0 Å². The number of nitrogens with one attached hydrogen (secondary N) is 1. The van der Waals surface area contributed by atoms with E-state index in [1.165, 1.54) is 6.20 Å². The maximum absolute atomic E-state index is 6.03. The van der Waals surface area contributed by atoms with Crippen LogP contribution < -0.4 is 5.32 Å². The van der Waals surface area contributed by atoms with Crippen molar-refractivity contribution in [3.63, 3.8) is 0 Å². The predicted octanol–water partition coefficient (Wildman–Crippen LogP) is 4.05. The van der Waals surface area contributed by atoms with Crippen LogP contribution >= 0.6 is 34.8 Å². The molecule has 1 heterocycles. The van der Waals surface area contributed by atoms with Crippen LogP contribution in [-0.4, -0.2) is 9.97 Å². The number of aromatic nitrogens is 2. The van der Waals surface area contributed by atoms with E-state index in [-0.39, 0.29) is 5.28 Å². The zero-order chi connectivity index (χ0) is 12.3. The quantitative estimate of drug-likeness (QED) is 0.866. The van der Waals surface area contributed by atoms with Crippen molar-refractivity contribution in [1.29, 1.82) is 0 Å². The number of benzene rings is 1. The summed E-state index contributed by atoms with van der Waals surface area (Å²) in [7, 11) is 0. The van der Waals surface area contributed by atoms with Crippen molar-refractivity contribution in [2.75, 3.05) is 5.32 Å². The molecule has 17 heavy (non-hydrogen) atoms. The van der Waals surface area contributed by atoms with Crippen LogP contribution in [0.5, 0.6) is 0 Å². The lowest BCUT2D eigenvalue weighted by Gasteiger charge is -2.08. The van der Waals surface area contributed by atoms with Gasteiger partial charge in [-0.3, -0.25) is 0 Å². The average molecular weight is 289 g/mol. The highest BCUT2D eigenvalue weighted by Gasteiger charge is 2.05. The minimum Gasteiger partial charge on any atom is -0.365 e. The van der Waals surface area contributed by atoms with Crippen LogP contribution in [0.25, 0.3) is 0 Å². The highest BCUT2D eigenvalue weighted by atomic mass is 35.5. The minimum atomic E-state index is 0.149. The third-order valence-corrected chi connectivity index (χ3v) is 2.95. The molecule has 2 aromatic rings. The molecule has 0 radical (unpaired) electrons. The fourth-order valence-corrected chi connectivity index (χ4v) is 1.78. The van der Waals surface area contributed by atoms with Gasteiger partial charge in [-0.2, -0.15) is 4.98 Å². The van der Waals surface area contributed by atoms with Crippen molar-refractivity contribution in [3.05, 3.63) is 51.4 Å². The standard InChI is InChI=1S/C11H8Cl3N3/c12-8-4-2-1-3-7(8)5-15-10-9(13)6-16-11(14)17-10/h1-4,6H,5H2,(H,15,16,17). The second kappa shape index (κ2) is 5.54. The SMILES string of the molecule is Clc1ncc(Cl)c(NCc2ccccc2Cl)n1. The highest BCUT2D eigenvalue weighted by Crippen LogP contribution is 2.21. The van der Waals surface area contributed by atoms with Gasteiger partial charge in [0.2, 0.25) is 5.28 Å². The van der Waals surface area contributed by atoms with E-state index in [4.69, 9.17) is 34.8 Å². The molecule has 0 unspecified atom stereocenters. The number of nitrogens with zero attached hydrogens (tertiary/aromatic N) is 2. The van der Waals surface area contributed by atoms with Gasteiger partial charge in [0.25, 0.3) is 0 Å². The van der Waals surface area contributed by atoms with Crippen molar-refractivity contribution in [2.45, 2.75) is 6.54 Å². The normalized spacial score (nSPS) is 10.3. The second-order valence-corrected chi connectivity index (χ2v) is 4.43. The molecule has 0 saturated heterocycles. The Morgan fingerprint density at radius 1 is 1.06 bits per heavy atom. The Labute approximate surface area is 114 Å². The van der Waals surface area contributed by atoms with Gasteiger partial charge in [-0.05, 0) is 23.2 Å². The molecule has 0 fully saturated rings. The van der Waals surface area contributed by atoms with E-state index in [0.29, 0.717) is 22.4 Å². The molecule has 1 aromatic carbocycles. The molecule has 6 heteroatoms. The van der Waals surface area contributed by atoms with Crippen molar-refractivity contribution in [3.8, 4) is 0 Å². The predicted molar refractivity (Wildman–Crippen MR) is 70.8 cm³/mol. The van der Waals surface area contributed by atoms with E-state index >= 15 is 0 Å². The smallest absolute Gasteiger partial charge is 0.224 e. The fourth-order valence-electron chi connectivity index (χ4n) is 1.29. The Balaban J connectivity index is 2.12. The number of halogens is 3. The zero-order valence-corrected chi connectivity index (χ0v) is 10.9. The van der Waals surface area contributed by atoms with Gasteiger partial charge < -0.3 is 5.32 Å². The first-order valence-corrected chi connectivity index (χ1v) is 5.95. The average Bonchev–Trinajstić information content (AvgIpc) is 2.32. The summed E-state index contributed by atoms with van der Waals surface area (Å²) in [5.41, 5.74) is 0.958. The van der Waals surface area contributed by atoms with E-state index in [1.54, 1.807) is 0 Å². The van der Waals surface area contributed by atoms with Crippen LogP contribution in [0.2, 0.25) is 15.3 Å². The van der Waals surface area contributed by atoms with Crippen LogP contribution in [-0.2, 0) is 6.54 Å². The van der Waals surface area contributed by atoms with Gasteiger partial charge in [0.05, 0.1) is 6.20 Å². The molecule has 0 amide bonds. The molecular formula is C11H8Cl3N3. The summed E-state index contributed by atoms with van der Waals surface area (Å²) in [5.74, 6) is 0.492. The van der Waals surface area contributed by atoms with Crippen molar-refractivity contribution in [2.24, 2.45) is 0 Å². The summed E-state index contributed by atoms with van der Waals surface area (Å²) in [5, 5.41) is 4.32. The summed E-state index contributed by atoms with van der Waals surface area (Å²) in [4.78, 5) is 7.75. The molecule has 0 bridgehead atoms. The van der Waals surface area contributed by atoms with Crippen LogP contribution in [0.4, 0.5) is 5.82 Å². The molecule has 88 valence electrons. The van der Waals surface area contributed by atoms with Gasteiger partial charge >= 0.3 is 0 Å². The number of hydrogen-bond donors (Lipinski definition) is 1. The number of anilines is 1. The number of hydrogen-bond acceptors (Lipinski definition) is 3. The fraction of sp³-hybridized carbons (Fsp3) is 0.0909. The van der Waals surface area contributed by atoms with E-state index < -0.39 is 0 Å². The van der Waals surface area contributed by atoms with Crippen molar-refractivity contribution < 1.29 is 0 Å². The van der Waals surface area contributed by atoms with Gasteiger partial charge in [0, 0.05) is 11.6 Å². The molecule has 1 N–H and O–H groups in total. The molecule has 3 nitrogen and oxygen atoms in total. The summed E-state index contributed by atoms with van der Waals surface area (Å²) >= 11 is 17.6. The first-order valence-electron chi connectivity index (χ1n) is 4.82. The molecule has 0 aliphatic carbocycles. The summed E-state index contributed by atoms with van der Waals surface area (Å²) in [6, 6.07) is 7.54. The first-order chi connectivity index (χ1) is 8.16. The largest absolute Gasteiger partial charge is 0.365 e. The van der Waals surface area contributed by atoms with Crippen LogP contribution in [0, 0.1) is 0 Å². The maximum Gasteiger partial charge on any atom is 0.224 e. The summed E-state index contributed by atoms with van der Waals surface area (Å²) in [6.07, 6.45) is 1.45. The van der Waals surface area contributed by atoms with E-state index in [2.05, 4.69) is 15.3 Å². The minimum absolute atomic E-state index is 0.149. The Kier molecular flexibility index (Phi) is 4.05. The Morgan fingerprint density at radius 3 is 2.59 bits per heavy atom. The molecule has 2 rings (SSSR count). The van der Waals surface area contributed by atoms with Crippen LogP contribution in [0.15, 0.2) is 30.5 Å². The molecule has 0 saturated carbocycles. The molecule has 0 aliphatic heterocycles. The third-order valence-electron chi connectivity index (χ3n) is 2.12. The highest BCUT2D eigenvalue weighted by molar-refractivity contribution is 6.33. The monoisotopic (exact) mass is 287 g/mol. The van der Waals surface area contributed by atoms with Crippen LogP contribution in [0.1, 0.15) is 5.56 Å². The number of rotatable bonds is 3. The summed E-state index contributed by atoms with van der Waals surface area (Å²) < 4.78 is 0. The maximum atomic E-state index is 6.03. The van der Waals surface area contributed by atoms with Gasteiger partial charge in [0.15, 0.2) is 0 Å². The Morgan fingerprint density at radius 2 is 1.82 bits per heavy atom. The second-order valence-electron chi connectivity index (χ2n) is 3.28. The van der Waals surface area contributed by atoms with Crippen molar-refractivity contribution >= 4 is 40.6 Å². The molecule has 0 aliphatic rings. The zero-order valence-electron chi connectivity index (χ0n) is 8.62. The Hall–Kier alpha value is -1.03. The molecule has 1 aromatic heterocycles. The summed E-state index contributed by atoms with van der Waals surface area (Å²) in [6.45, 7) is 0.521. The van der Waals surface area contributed by atoms with E-state index in [0.717, 1.165) is 5.56 Å². The van der Waals surface area contributed by atoms with E-state index in [1.807, 2.05) is 24.3 Å². The van der Waals surface area contributed by atoms with Gasteiger partial charge in [-0.25, -0.2) is 4.98 Å².